The molecular weight excluding hydrogens is 126 g/mol. The number of rotatable bonds is 1. The van der Waals surface area contributed by atoms with Crippen molar-refractivity contribution in [3.05, 3.63) is 0 Å². The monoisotopic (exact) mass is 141 g/mol. The third kappa shape index (κ3) is 0.789. The van der Waals surface area contributed by atoms with Crippen LogP contribution in [0.25, 0.3) is 0 Å². The first kappa shape index (κ1) is 6.62. The molecule has 3 atom stereocenters. The third-order valence-corrected chi connectivity index (χ3v) is 3.05. The number of hydrogen-bond acceptors (Lipinski definition) is 2. The third-order valence-electron chi connectivity index (χ3n) is 3.05. The first-order chi connectivity index (χ1) is 4.81. The molecule has 0 aromatic carbocycles. The van der Waals surface area contributed by atoms with Gasteiger partial charge in [0.1, 0.15) is 0 Å². The topological polar surface area (TPSA) is 12.5 Å². The van der Waals surface area contributed by atoms with Crippen LogP contribution in [-0.2, 0) is 4.74 Å². The fourth-order valence-corrected chi connectivity index (χ4v) is 2.42. The van der Waals surface area contributed by atoms with Gasteiger partial charge in [0.25, 0.3) is 0 Å². The highest BCUT2D eigenvalue weighted by atomic mass is 16.5. The van der Waals surface area contributed by atoms with Crippen molar-refractivity contribution in [3.63, 3.8) is 0 Å². The van der Waals surface area contributed by atoms with E-state index < -0.39 is 0 Å². The Bertz CT molecular complexity index is 135. The fourth-order valence-electron chi connectivity index (χ4n) is 2.42. The van der Waals surface area contributed by atoms with E-state index in [9.17, 15) is 0 Å². The molecule has 1 saturated heterocycles. The van der Waals surface area contributed by atoms with Gasteiger partial charge >= 0.3 is 0 Å². The van der Waals surface area contributed by atoms with Crippen LogP contribution in [-0.4, -0.2) is 37.7 Å². The lowest BCUT2D eigenvalue weighted by atomic mass is 10.1. The molecule has 1 aliphatic carbocycles. The van der Waals surface area contributed by atoms with E-state index in [0.717, 1.165) is 12.0 Å². The van der Waals surface area contributed by atoms with Gasteiger partial charge in [-0.2, -0.15) is 0 Å². The summed E-state index contributed by atoms with van der Waals surface area (Å²) < 4.78 is 5.37. The Morgan fingerprint density at radius 1 is 1.40 bits per heavy atom. The second kappa shape index (κ2) is 2.21. The van der Waals surface area contributed by atoms with Gasteiger partial charge in [-0.05, 0) is 25.8 Å². The smallest absolute Gasteiger partial charge is 0.0627 e. The van der Waals surface area contributed by atoms with Crippen LogP contribution < -0.4 is 0 Å². The van der Waals surface area contributed by atoms with Crippen LogP contribution in [0.2, 0.25) is 0 Å². The molecule has 58 valence electrons. The predicted molar refractivity (Wildman–Crippen MR) is 39.9 cm³/mol. The van der Waals surface area contributed by atoms with Crippen molar-refractivity contribution in [3.8, 4) is 0 Å². The van der Waals surface area contributed by atoms with Gasteiger partial charge in [0, 0.05) is 19.7 Å². The highest BCUT2D eigenvalue weighted by Gasteiger charge is 2.42. The van der Waals surface area contributed by atoms with Gasteiger partial charge in [-0.1, -0.05) is 0 Å². The molecule has 2 nitrogen and oxygen atoms in total. The minimum absolute atomic E-state index is 0.571. The van der Waals surface area contributed by atoms with Gasteiger partial charge in [-0.3, -0.25) is 0 Å². The molecule has 10 heavy (non-hydrogen) atoms. The lowest BCUT2D eigenvalue weighted by Crippen LogP contribution is -2.35. The number of likely N-dealkylation sites (tertiary alicyclic amines) is 1. The zero-order chi connectivity index (χ0) is 7.14. The maximum Gasteiger partial charge on any atom is 0.0627 e. The molecule has 0 aromatic rings. The normalized spacial score (nSPS) is 46.8. The van der Waals surface area contributed by atoms with E-state index >= 15 is 0 Å². The van der Waals surface area contributed by atoms with Crippen molar-refractivity contribution in [2.75, 3.05) is 20.7 Å². The predicted octanol–water partition coefficient (Wildman–Crippen LogP) is 0.725. The van der Waals surface area contributed by atoms with Crippen molar-refractivity contribution in [1.82, 2.24) is 4.90 Å². The second-order valence-electron chi connectivity index (χ2n) is 3.60. The van der Waals surface area contributed by atoms with Crippen LogP contribution >= 0.6 is 0 Å². The molecule has 0 N–H and O–H groups in total. The average molecular weight is 141 g/mol. The molecular formula is C8H15NO. The molecule has 0 aromatic heterocycles. The van der Waals surface area contributed by atoms with Gasteiger partial charge in [0.2, 0.25) is 0 Å². The molecule has 2 bridgehead atoms. The first-order valence-corrected chi connectivity index (χ1v) is 4.04. The summed E-state index contributed by atoms with van der Waals surface area (Å²) in [6.45, 7) is 1.25. The lowest BCUT2D eigenvalue weighted by molar-refractivity contribution is 0.0393. The van der Waals surface area contributed by atoms with E-state index in [-0.39, 0.29) is 0 Å². The van der Waals surface area contributed by atoms with Crippen LogP contribution in [0.5, 0.6) is 0 Å². The number of methoxy groups -OCH3 is 1. The van der Waals surface area contributed by atoms with E-state index in [1.807, 2.05) is 7.11 Å². The molecule has 0 unspecified atom stereocenters. The second-order valence-corrected chi connectivity index (χ2v) is 3.60. The summed E-state index contributed by atoms with van der Waals surface area (Å²) in [7, 11) is 4.06. The summed E-state index contributed by atoms with van der Waals surface area (Å²) in [4.78, 5) is 2.46. The maximum atomic E-state index is 5.37. The molecule has 0 spiro atoms. The zero-order valence-electron chi connectivity index (χ0n) is 6.71. The summed E-state index contributed by atoms with van der Waals surface area (Å²) in [5, 5.41) is 0. The highest BCUT2D eigenvalue weighted by molar-refractivity contribution is 4.96. The Hall–Kier alpha value is -0.0800. The lowest BCUT2D eigenvalue weighted by Gasteiger charge is -2.27. The van der Waals surface area contributed by atoms with Crippen molar-refractivity contribution < 1.29 is 4.74 Å². The van der Waals surface area contributed by atoms with E-state index in [0.29, 0.717) is 6.10 Å². The van der Waals surface area contributed by atoms with Gasteiger partial charge in [-0.15, -0.1) is 0 Å². The van der Waals surface area contributed by atoms with E-state index in [2.05, 4.69) is 11.9 Å². The van der Waals surface area contributed by atoms with Crippen LogP contribution in [0, 0.1) is 5.92 Å². The molecule has 2 fully saturated rings. The standard InChI is InChI=1S/C8H15NO/c1-9-5-6-3-7(9)4-8(6)10-2/h6-8H,3-5H2,1-2H3/t6-,7-,8+/m0/s1. The Morgan fingerprint density at radius 2 is 2.20 bits per heavy atom. The number of fused-ring (bicyclic) bond motifs is 2. The quantitative estimate of drug-likeness (QED) is 0.533. The SMILES string of the molecule is CO[C@@H]1C[C@@H]2C[C@H]1CN2C. The zero-order valence-corrected chi connectivity index (χ0v) is 6.71. The Labute approximate surface area is 62.2 Å². The van der Waals surface area contributed by atoms with Crippen molar-refractivity contribution in [2.24, 2.45) is 5.92 Å². The molecule has 1 heterocycles. The average Bonchev–Trinajstić information content (AvgIpc) is 2.44. The number of piperidine rings is 1. The molecule has 0 radical (unpaired) electrons. The molecule has 0 amide bonds. The summed E-state index contributed by atoms with van der Waals surface area (Å²) in [6.07, 6.45) is 3.20. The number of hydrogen-bond donors (Lipinski definition) is 0. The number of nitrogens with zero attached hydrogens (tertiary/aromatic N) is 1. The molecule has 1 saturated carbocycles. The van der Waals surface area contributed by atoms with E-state index in [4.69, 9.17) is 4.74 Å². The minimum atomic E-state index is 0.571. The van der Waals surface area contributed by atoms with E-state index in [1.54, 1.807) is 0 Å². The summed E-state index contributed by atoms with van der Waals surface area (Å²) in [5.74, 6) is 0.833. The summed E-state index contributed by atoms with van der Waals surface area (Å²) >= 11 is 0. The molecule has 2 heteroatoms. The van der Waals surface area contributed by atoms with Crippen LogP contribution in [0.4, 0.5) is 0 Å². The summed E-state index contributed by atoms with van der Waals surface area (Å²) in [5.41, 5.74) is 0. The van der Waals surface area contributed by atoms with E-state index in [1.165, 1.54) is 19.4 Å². The van der Waals surface area contributed by atoms with Crippen LogP contribution in [0.1, 0.15) is 12.8 Å². The highest BCUT2D eigenvalue weighted by Crippen LogP contribution is 2.37. The fraction of sp³-hybridized carbons (Fsp3) is 1.00. The van der Waals surface area contributed by atoms with Gasteiger partial charge in [0.05, 0.1) is 6.10 Å². The Balaban J connectivity index is 2.02. The van der Waals surface area contributed by atoms with Crippen molar-refractivity contribution in [1.29, 1.82) is 0 Å². The van der Waals surface area contributed by atoms with Crippen molar-refractivity contribution in [2.45, 2.75) is 25.0 Å². The molecule has 2 aliphatic rings. The Morgan fingerprint density at radius 3 is 2.60 bits per heavy atom. The Kier molecular flexibility index (Phi) is 1.46. The summed E-state index contributed by atoms with van der Waals surface area (Å²) in [6, 6.07) is 0.829. The first-order valence-electron chi connectivity index (χ1n) is 4.04. The minimum Gasteiger partial charge on any atom is -0.381 e. The number of ether oxygens (including phenoxy) is 1. The molecule has 2 rings (SSSR count). The van der Waals surface area contributed by atoms with Crippen LogP contribution in [0.3, 0.4) is 0 Å². The largest absolute Gasteiger partial charge is 0.381 e. The molecule has 1 aliphatic heterocycles. The van der Waals surface area contributed by atoms with Gasteiger partial charge < -0.3 is 9.64 Å². The van der Waals surface area contributed by atoms with Gasteiger partial charge in [-0.25, -0.2) is 0 Å². The maximum absolute atomic E-state index is 5.37. The van der Waals surface area contributed by atoms with Gasteiger partial charge in [0.15, 0.2) is 0 Å². The van der Waals surface area contributed by atoms with Crippen molar-refractivity contribution >= 4 is 0 Å². The van der Waals surface area contributed by atoms with Crippen LogP contribution in [0.15, 0.2) is 0 Å².